The van der Waals surface area contributed by atoms with Gasteiger partial charge in [-0.3, -0.25) is 0 Å². The Morgan fingerprint density at radius 2 is 1.89 bits per heavy atom. The van der Waals surface area contributed by atoms with Gasteiger partial charge in [0, 0.05) is 21.9 Å². The third-order valence-corrected chi connectivity index (χ3v) is 4.87. The number of hydrogen-bond acceptors (Lipinski definition) is 1. The second-order valence-electron chi connectivity index (χ2n) is 4.41. The molecule has 1 nitrogen and oxygen atoms in total. The van der Waals surface area contributed by atoms with Crippen molar-refractivity contribution in [3.63, 3.8) is 0 Å². The predicted octanol–water partition coefficient (Wildman–Crippen LogP) is 5.46. The normalized spacial score (nSPS) is 15.3. The molecule has 0 aliphatic heterocycles. The molecule has 0 amide bonds. The van der Waals surface area contributed by atoms with Crippen molar-refractivity contribution >= 4 is 38.5 Å². The molecular formula is C13H15BrF3IO. The van der Waals surface area contributed by atoms with Gasteiger partial charge in [0.15, 0.2) is 0 Å². The molecule has 1 rings (SSSR count). The predicted molar refractivity (Wildman–Crippen MR) is 81.6 cm³/mol. The van der Waals surface area contributed by atoms with Gasteiger partial charge >= 0.3 is 6.18 Å². The Labute approximate surface area is 133 Å². The van der Waals surface area contributed by atoms with Crippen molar-refractivity contribution in [2.24, 2.45) is 0 Å². The molecule has 0 fully saturated rings. The summed E-state index contributed by atoms with van der Waals surface area (Å²) in [4.78, 5) is 0. The van der Waals surface area contributed by atoms with Crippen LogP contribution in [0.5, 0.6) is 0 Å². The van der Waals surface area contributed by atoms with Gasteiger partial charge in [-0.25, -0.2) is 0 Å². The summed E-state index contributed by atoms with van der Waals surface area (Å²) in [6.07, 6.45) is -4.93. The summed E-state index contributed by atoms with van der Waals surface area (Å²) in [6, 6.07) is 7.61. The molecule has 1 unspecified atom stereocenters. The number of halogens is 5. The van der Waals surface area contributed by atoms with Crippen LogP contribution in [-0.4, -0.2) is 17.2 Å². The molecule has 0 saturated carbocycles. The lowest BCUT2D eigenvalue weighted by Crippen LogP contribution is -2.29. The molecule has 108 valence electrons. The molecule has 1 aromatic rings. The number of benzene rings is 1. The highest BCUT2D eigenvalue weighted by atomic mass is 127. The summed E-state index contributed by atoms with van der Waals surface area (Å²) >= 11 is 5.64. The summed E-state index contributed by atoms with van der Waals surface area (Å²) in [6.45, 7) is 1.99. The van der Waals surface area contributed by atoms with E-state index >= 15 is 0 Å². The highest BCUT2D eigenvalue weighted by molar-refractivity contribution is 14.1. The van der Waals surface area contributed by atoms with E-state index in [0.29, 0.717) is 4.43 Å². The first kappa shape index (κ1) is 17.2. The van der Waals surface area contributed by atoms with Crippen LogP contribution < -0.4 is 0 Å². The van der Waals surface area contributed by atoms with Gasteiger partial charge in [-0.15, -0.1) is 0 Å². The standard InChI is InChI=1S/C13H15BrF3IO/c1-12(9-18,10-5-2-3-6-11(10)14)19-8-4-7-13(15,16)17/h2-3,5-6H,4,7-9H2,1H3. The lowest BCUT2D eigenvalue weighted by Gasteiger charge is -2.29. The van der Waals surface area contributed by atoms with Crippen LogP contribution in [0.15, 0.2) is 28.7 Å². The van der Waals surface area contributed by atoms with Gasteiger partial charge in [0.2, 0.25) is 0 Å². The maximum Gasteiger partial charge on any atom is 0.389 e. The van der Waals surface area contributed by atoms with Gasteiger partial charge in [0.1, 0.15) is 5.60 Å². The van der Waals surface area contributed by atoms with E-state index < -0.39 is 18.2 Å². The van der Waals surface area contributed by atoms with E-state index in [2.05, 4.69) is 38.5 Å². The van der Waals surface area contributed by atoms with Gasteiger partial charge in [-0.05, 0) is 25.0 Å². The van der Waals surface area contributed by atoms with E-state index in [1.807, 2.05) is 31.2 Å². The molecule has 0 radical (unpaired) electrons. The topological polar surface area (TPSA) is 9.23 Å². The fourth-order valence-electron chi connectivity index (χ4n) is 1.65. The minimum Gasteiger partial charge on any atom is -0.370 e. The zero-order valence-corrected chi connectivity index (χ0v) is 14.2. The van der Waals surface area contributed by atoms with Crippen LogP contribution in [-0.2, 0) is 10.3 Å². The van der Waals surface area contributed by atoms with Crippen molar-refractivity contribution in [3.05, 3.63) is 34.3 Å². The van der Waals surface area contributed by atoms with Crippen LogP contribution >= 0.6 is 38.5 Å². The third-order valence-electron chi connectivity index (χ3n) is 2.72. The lowest BCUT2D eigenvalue weighted by molar-refractivity contribution is -0.140. The van der Waals surface area contributed by atoms with Crippen LogP contribution in [0.3, 0.4) is 0 Å². The fraction of sp³-hybridized carbons (Fsp3) is 0.538. The van der Waals surface area contributed by atoms with Crippen molar-refractivity contribution in [1.29, 1.82) is 0 Å². The molecule has 6 heteroatoms. The van der Waals surface area contributed by atoms with Crippen molar-refractivity contribution < 1.29 is 17.9 Å². The Morgan fingerprint density at radius 3 is 2.42 bits per heavy atom. The third kappa shape index (κ3) is 5.59. The summed E-state index contributed by atoms with van der Waals surface area (Å²) in [7, 11) is 0. The largest absolute Gasteiger partial charge is 0.389 e. The monoisotopic (exact) mass is 450 g/mol. The number of hydrogen-bond donors (Lipinski definition) is 0. The number of ether oxygens (including phenoxy) is 1. The molecule has 0 aliphatic carbocycles. The molecule has 0 heterocycles. The van der Waals surface area contributed by atoms with Gasteiger partial charge in [-0.1, -0.05) is 56.7 Å². The van der Waals surface area contributed by atoms with Crippen molar-refractivity contribution in [1.82, 2.24) is 0 Å². The Bertz CT molecular complexity index is 411. The first-order chi connectivity index (χ1) is 8.78. The molecular weight excluding hydrogens is 436 g/mol. The first-order valence-corrected chi connectivity index (χ1v) is 8.12. The molecule has 1 aromatic carbocycles. The summed E-state index contributed by atoms with van der Waals surface area (Å²) < 4.78 is 43.5. The smallest absolute Gasteiger partial charge is 0.370 e. The zero-order chi connectivity index (χ0) is 14.5. The SMILES string of the molecule is CC(CI)(OCCCC(F)(F)F)c1ccccc1Br. The van der Waals surface area contributed by atoms with E-state index in [-0.39, 0.29) is 13.0 Å². The van der Waals surface area contributed by atoms with Crippen molar-refractivity contribution in [2.75, 3.05) is 11.0 Å². The van der Waals surface area contributed by atoms with Gasteiger partial charge in [-0.2, -0.15) is 13.2 Å². The van der Waals surface area contributed by atoms with Gasteiger partial charge in [0.25, 0.3) is 0 Å². The average Bonchev–Trinajstić information content (AvgIpc) is 2.34. The van der Waals surface area contributed by atoms with Crippen LogP contribution in [0.1, 0.15) is 25.3 Å². The summed E-state index contributed by atoms with van der Waals surface area (Å²) in [5, 5.41) is 0. The van der Waals surface area contributed by atoms with Gasteiger partial charge in [0.05, 0.1) is 0 Å². The van der Waals surface area contributed by atoms with E-state index in [4.69, 9.17) is 4.74 Å². The summed E-state index contributed by atoms with van der Waals surface area (Å²) in [5.41, 5.74) is 0.378. The second-order valence-corrected chi connectivity index (χ2v) is 6.03. The highest BCUT2D eigenvalue weighted by Gasteiger charge is 2.30. The van der Waals surface area contributed by atoms with E-state index in [1.165, 1.54) is 0 Å². The van der Waals surface area contributed by atoms with E-state index in [0.717, 1.165) is 10.0 Å². The quantitative estimate of drug-likeness (QED) is 0.317. The van der Waals surface area contributed by atoms with Crippen LogP contribution in [0.4, 0.5) is 13.2 Å². The second kappa shape index (κ2) is 7.26. The molecule has 0 spiro atoms. The van der Waals surface area contributed by atoms with Gasteiger partial charge < -0.3 is 4.74 Å². The maximum atomic E-state index is 12.1. The molecule has 0 bridgehead atoms. The Balaban J connectivity index is 2.64. The van der Waals surface area contributed by atoms with Crippen LogP contribution in [0.2, 0.25) is 0 Å². The van der Waals surface area contributed by atoms with Crippen molar-refractivity contribution in [3.8, 4) is 0 Å². The van der Waals surface area contributed by atoms with Crippen LogP contribution in [0.25, 0.3) is 0 Å². The molecule has 19 heavy (non-hydrogen) atoms. The molecule has 0 aliphatic rings. The van der Waals surface area contributed by atoms with Crippen molar-refractivity contribution in [2.45, 2.75) is 31.5 Å². The van der Waals surface area contributed by atoms with E-state index in [1.54, 1.807) is 0 Å². The number of rotatable bonds is 6. The van der Waals surface area contributed by atoms with Crippen LogP contribution in [0, 0.1) is 0 Å². The summed E-state index contributed by atoms with van der Waals surface area (Å²) in [5.74, 6) is 0. The lowest BCUT2D eigenvalue weighted by atomic mass is 9.98. The van der Waals surface area contributed by atoms with E-state index in [9.17, 15) is 13.2 Å². The molecule has 0 saturated heterocycles. The molecule has 1 atom stereocenters. The maximum absolute atomic E-state index is 12.1. The molecule has 0 N–H and O–H groups in total. The Kier molecular flexibility index (Phi) is 6.59. The molecule has 0 aromatic heterocycles. The Hall–Kier alpha value is 0.180. The average molecular weight is 451 g/mol. The zero-order valence-electron chi connectivity index (χ0n) is 10.4. The first-order valence-electron chi connectivity index (χ1n) is 5.80. The Morgan fingerprint density at radius 1 is 1.26 bits per heavy atom. The fourth-order valence-corrected chi connectivity index (χ4v) is 2.98. The minimum atomic E-state index is -4.11. The minimum absolute atomic E-state index is 0.0137. The highest BCUT2D eigenvalue weighted by Crippen LogP contribution is 2.33. The number of alkyl halides is 4.